The van der Waals surface area contributed by atoms with Gasteiger partial charge < -0.3 is 20.1 Å². The summed E-state index contributed by atoms with van der Waals surface area (Å²) in [7, 11) is 0. The lowest BCUT2D eigenvalue weighted by molar-refractivity contribution is 0.0302. The minimum atomic E-state index is -0.391. The van der Waals surface area contributed by atoms with Gasteiger partial charge in [-0.15, -0.1) is 0 Å². The molecule has 2 heterocycles. The van der Waals surface area contributed by atoms with Crippen LogP contribution in [0.3, 0.4) is 0 Å². The van der Waals surface area contributed by atoms with Crippen LogP contribution in [-0.4, -0.2) is 53.8 Å². The Hall–Kier alpha value is -1.86. The van der Waals surface area contributed by atoms with E-state index in [1.807, 2.05) is 12.1 Å². The van der Waals surface area contributed by atoms with Gasteiger partial charge in [0.1, 0.15) is 5.82 Å². The molecule has 138 valence electrons. The standard InChI is InChI=1S/C18H19Cl2N3O3/c19-14-3-1-12(2-4-14)16(11-24)22-17-15(20)9-13(10-21-17)18(25)23-5-7-26-8-6-23/h1-4,9-10,16,24H,5-8,11H2,(H,21,22). The number of morpholine rings is 1. The van der Waals surface area contributed by atoms with Crippen molar-refractivity contribution < 1.29 is 14.6 Å². The second-order valence-electron chi connectivity index (χ2n) is 5.89. The zero-order valence-electron chi connectivity index (χ0n) is 14.0. The first-order valence-electron chi connectivity index (χ1n) is 8.24. The zero-order chi connectivity index (χ0) is 18.5. The van der Waals surface area contributed by atoms with Crippen molar-refractivity contribution in [3.63, 3.8) is 0 Å². The van der Waals surface area contributed by atoms with E-state index in [2.05, 4.69) is 10.3 Å². The fourth-order valence-corrected chi connectivity index (χ4v) is 3.05. The average molecular weight is 396 g/mol. The first kappa shape index (κ1) is 18.9. The summed E-state index contributed by atoms with van der Waals surface area (Å²) in [5, 5.41) is 13.7. The number of ether oxygens (including phenoxy) is 1. The van der Waals surface area contributed by atoms with Crippen LogP contribution in [0, 0.1) is 0 Å². The Labute approximate surface area is 161 Å². The number of benzene rings is 1. The molecule has 0 radical (unpaired) electrons. The average Bonchev–Trinajstić information content (AvgIpc) is 2.68. The van der Waals surface area contributed by atoms with Gasteiger partial charge in [-0.3, -0.25) is 4.79 Å². The van der Waals surface area contributed by atoms with Crippen LogP contribution in [0.15, 0.2) is 36.5 Å². The van der Waals surface area contributed by atoms with Gasteiger partial charge in [0.15, 0.2) is 0 Å². The lowest BCUT2D eigenvalue weighted by Crippen LogP contribution is -2.40. The van der Waals surface area contributed by atoms with E-state index in [-0.39, 0.29) is 12.5 Å². The third kappa shape index (κ3) is 4.45. The largest absolute Gasteiger partial charge is 0.394 e. The highest BCUT2D eigenvalue weighted by Crippen LogP contribution is 2.26. The van der Waals surface area contributed by atoms with Crippen LogP contribution in [0.25, 0.3) is 0 Å². The van der Waals surface area contributed by atoms with E-state index in [1.165, 1.54) is 6.20 Å². The van der Waals surface area contributed by atoms with Crippen molar-refractivity contribution >= 4 is 34.9 Å². The van der Waals surface area contributed by atoms with Crippen LogP contribution in [0.4, 0.5) is 5.82 Å². The summed E-state index contributed by atoms with van der Waals surface area (Å²) < 4.78 is 5.26. The highest BCUT2D eigenvalue weighted by Gasteiger charge is 2.20. The summed E-state index contributed by atoms with van der Waals surface area (Å²) >= 11 is 12.2. The lowest BCUT2D eigenvalue weighted by atomic mass is 10.1. The number of carbonyl (C=O) groups is 1. The maximum Gasteiger partial charge on any atom is 0.255 e. The molecule has 0 aliphatic carbocycles. The van der Waals surface area contributed by atoms with Gasteiger partial charge in [-0.25, -0.2) is 4.98 Å². The maximum atomic E-state index is 12.5. The monoisotopic (exact) mass is 395 g/mol. The molecule has 1 aromatic heterocycles. The predicted molar refractivity (Wildman–Crippen MR) is 101 cm³/mol. The SMILES string of the molecule is O=C(c1cnc(NC(CO)c2ccc(Cl)cc2)c(Cl)c1)N1CCOCC1. The Bertz CT molecular complexity index is 765. The molecule has 1 unspecified atom stereocenters. The minimum Gasteiger partial charge on any atom is -0.394 e. The second-order valence-corrected chi connectivity index (χ2v) is 6.73. The molecule has 2 N–H and O–H groups in total. The molecule has 8 heteroatoms. The van der Waals surface area contributed by atoms with E-state index in [9.17, 15) is 9.90 Å². The van der Waals surface area contributed by atoms with Crippen LogP contribution in [-0.2, 0) is 4.74 Å². The van der Waals surface area contributed by atoms with Gasteiger partial charge in [0.05, 0.1) is 36.4 Å². The van der Waals surface area contributed by atoms with Gasteiger partial charge >= 0.3 is 0 Å². The van der Waals surface area contributed by atoms with Gasteiger partial charge in [0.2, 0.25) is 0 Å². The summed E-state index contributed by atoms with van der Waals surface area (Å²) in [4.78, 5) is 18.5. The Morgan fingerprint density at radius 3 is 2.58 bits per heavy atom. The highest BCUT2D eigenvalue weighted by molar-refractivity contribution is 6.33. The number of carbonyl (C=O) groups excluding carboxylic acids is 1. The molecule has 1 fully saturated rings. The third-order valence-electron chi connectivity index (χ3n) is 4.15. The number of amides is 1. The number of hydrogen-bond acceptors (Lipinski definition) is 5. The molecule has 1 atom stereocenters. The third-order valence-corrected chi connectivity index (χ3v) is 4.69. The molecule has 0 spiro atoms. The molecule has 1 amide bonds. The summed E-state index contributed by atoms with van der Waals surface area (Å²) in [6, 6.07) is 8.34. The number of rotatable bonds is 5. The fraction of sp³-hybridized carbons (Fsp3) is 0.333. The smallest absolute Gasteiger partial charge is 0.255 e. The van der Waals surface area contributed by atoms with Crippen LogP contribution in [0.5, 0.6) is 0 Å². The Kier molecular flexibility index (Phi) is 6.32. The number of nitrogens with one attached hydrogen (secondary N) is 1. The van der Waals surface area contributed by atoms with E-state index in [4.69, 9.17) is 27.9 Å². The van der Waals surface area contributed by atoms with E-state index in [1.54, 1.807) is 23.1 Å². The molecular formula is C18H19Cl2N3O3. The lowest BCUT2D eigenvalue weighted by Gasteiger charge is -2.27. The van der Waals surface area contributed by atoms with Crippen molar-refractivity contribution in [3.8, 4) is 0 Å². The number of halogens is 2. The van der Waals surface area contributed by atoms with Crippen LogP contribution in [0.2, 0.25) is 10.0 Å². The van der Waals surface area contributed by atoms with E-state index >= 15 is 0 Å². The van der Waals surface area contributed by atoms with Crippen LogP contribution >= 0.6 is 23.2 Å². The van der Waals surface area contributed by atoms with E-state index < -0.39 is 6.04 Å². The predicted octanol–water partition coefficient (Wildman–Crippen LogP) is 3.01. The van der Waals surface area contributed by atoms with Crippen LogP contribution in [0.1, 0.15) is 22.0 Å². The zero-order valence-corrected chi connectivity index (χ0v) is 15.5. The molecule has 3 rings (SSSR count). The van der Waals surface area contributed by atoms with E-state index in [0.717, 1.165) is 5.56 Å². The normalized spacial score (nSPS) is 15.6. The fourth-order valence-electron chi connectivity index (χ4n) is 2.70. The number of hydrogen-bond donors (Lipinski definition) is 2. The Balaban J connectivity index is 1.74. The summed E-state index contributed by atoms with van der Waals surface area (Å²) in [6.45, 7) is 2.03. The minimum absolute atomic E-state index is 0.120. The summed E-state index contributed by atoms with van der Waals surface area (Å²) in [5.41, 5.74) is 1.28. The topological polar surface area (TPSA) is 74.7 Å². The van der Waals surface area contributed by atoms with Crippen molar-refractivity contribution in [1.82, 2.24) is 9.88 Å². The van der Waals surface area contributed by atoms with Gasteiger partial charge in [0, 0.05) is 24.3 Å². The van der Waals surface area contributed by atoms with Crippen molar-refractivity contribution in [1.29, 1.82) is 0 Å². The molecule has 0 bridgehead atoms. The molecule has 1 saturated heterocycles. The van der Waals surface area contributed by atoms with Gasteiger partial charge in [-0.1, -0.05) is 35.3 Å². The van der Waals surface area contributed by atoms with Gasteiger partial charge in [-0.05, 0) is 23.8 Å². The molecule has 1 aliphatic rings. The molecule has 6 nitrogen and oxygen atoms in total. The van der Waals surface area contributed by atoms with Crippen molar-refractivity contribution in [2.75, 3.05) is 38.2 Å². The Morgan fingerprint density at radius 1 is 1.27 bits per heavy atom. The first-order valence-corrected chi connectivity index (χ1v) is 8.99. The summed E-state index contributed by atoms with van der Waals surface area (Å²) in [6.07, 6.45) is 1.49. The summed E-state index contributed by atoms with van der Waals surface area (Å²) in [5.74, 6) is 0.282. The first-order chi connectivity index (χ1) is 12.6. The van der Waals surface area contributed by atoms with Crippen LogP contribution < -0.4 is 5.32 Å². The highest BCUT2D eigenvalue weighted by atomic mass is 35.5. The Morgan fingerprint density at radius 2 is 1.96 bits per heavy atom. The number of aliphatic hydroxyl groups excluding tert-OH is 1. The van der Waals surface area contributed by atoms with Crippen molar-refractivity contribution in [3.05, 3.63) is 57.7 Å². The number of anilines is 1. The number of aromatic nitrogens is 1. The molecule has 26 heavy (non-hydrogen) atoms. The molecule has 2 aromatic rings. The maximum absolute atomic E-state index is 12.5. The molecule has 0 saturated carbocycles. The van der Waals surface area contributed by atoms with E-state index in [0.29, 0.717) is 47.7 Å². The molecule has 1 aliphatic heterocycles. The van der Waals surface area contributed by atoms with Crippen molar-refractivity contribution in [2.45, 2.75) is 6.04 Å². The van der Waals surface area contributed by atoms with Crippen molar-refractivity contribution in [2.24, 2.45) is 0 Å². The van der Waals surface area contributed by atoms with Gasteiger partial charge in [0.25, 0.3) is 5.91 Å². The molecule has 1 aromatic carbocycles. The van der Waals surface area contributed by atoms with Gasteiger partial charge in [-0.2, -0.15) is 0 Å². The number of nitrogens with zero attached hydrogens (tertiary/aromatic N) is 2. The number of pyridine rings is 1. The second kappa shape index (κ2) is 8.68. The quantitative estimate of drug-likeness (QED) is 0.813. The molecular weight excluding hydrogens is 377 g/mol. The number of aliphatic hydroxyl groups is 1.